The minimum Gasteiger partial charge on any atom is -0.355 e. The zero-order valence-corrected chi connectivity index (χ0v) is 11.5. The molecule has 1 N–H and O–H groups in total. The number of nitrogens with one attached hydrogen (secondary N) is 1. The molecule has 1 aromatic rings. The Labute approximate surface area is 111 Å². The molecule has 0 radical (unpaired) electrons. The van der Waals surface area contributed by atoms with Gasteiger partial charge in [-0.05, 0) is 28.3 Å². The summed E-state index contributed by atoms with van der Waals surface area (Å²) in [6.07, 6.45) is 0.342. The van der Waals surface area contributed by atoms with E-state index in [1.807, 2.05) is 5.38 Å². The Balaban J connectivity index is 1.80. The second-order valence-corrected chi connectivity index (χ2v) is 5.66. The van der Waals surface area contributed by atoms with E-state index in [1.165, 1.54) is 5.56 Å². The molecule has 4 nitrogen and oxygen atoms in total. The molecule has 1 aliphatic rings. The van der Waals surface area contributed by atoms with Gasteiger partial charge in [-0.2, -0.15) is 11.3 Å². The molecule has 98 valence electrons. The van der Waals surface area contributed by atoms with Crippen LogP contribution < -0.4 is 5.32 Å². The molecule has 2 unspecified atom stereocenters. The fourth-order valence-corrected chi connectivity index (χ4v) is 2.89. The van der Waals surface area contributed by atoms with Gasteiger partial charge >= 0.3 is 0 Å². The lowest BCUT2D eigenvalue weighted by Crippen LogP contribution is -2.34. The molecule has 5 heteroatoms. The summed E-state index contributed by atoms with van der Waals surface area (Å²) in [7, 11) is 1.74. The van der Waals surface area contributed by atoms with Crippen LogP contribution in [0.1, 0.15) is 24.8 Å². The highest BCUT2D eigenvalue weighted by Gasteiger charge is 2.31. The first kappa shape index (κ1) is 13.1. The third-order valence-electron chi connectivity index (χ3n) is 3.41. The standard InChI is InChI=1S/C13H18N2O2S/c1-9(10-3-4-18-8-10)6-14-13(17)11-5-12(16)15(2)7-11/h3-4,8-9,11H,5-7H2,1-2H3,(H,14,17). The van der Waals surface area contributed by atoms with Crippen molar-refractivity contribution in [2.75, 3.05) is 20.1 Å². The van der Waals surface area contributed by atoms with Crippen molar-refractivity contribution in [1.82, 2.24) is 10.2 Å². The predicted octanol–water partition coefficient (Wildman–Crippen LogP) is 1.45. The van der Waals surface area contributed by atoms with Gasteiger partial charge in [-0.3, -0.25) is 9.59 Å². The maximum Gasteiger partial charge on any atom is 0.225 e. The molecule has 18 heavy (non-hydrogen) atoms. The van der Waals surface area contributed by atoms with Gasteiger partial charge in [0, 0.05) is 26.6 Å². The maximum absolute atomic E-state index is 11.9. The van der Waals surface area contributed by atoms with Crippen molar-refractivity contribution < 1.29 is 9.59 Å². The molecular weight excluding hydrogens is 248 g/mol. The number of amides is 2. The van der Waals surface area contributed by atoms with Crippen molar-refractivity contribution >= 4 is 23.2 Å². The summed E-state index contributed by atoms with van der Waals surface area (Å²) in [5.41, 5.74) is 1.25. The highest BCUT2D eigenvalue weighted by molar-refractivity contribution is 7.07. The van der Waals surface area contributed by atoms with E-state index in [0.717, 1.165) is 0 Å². The minimum atomic E-state index is -0.183. The second-order valence-electron chi connectivity index (χ2n) is 4.88. The average molecular weight is 266 g/mol. The van der Waals surface area contributed by atoms with Crippen LogP contribution in [0.25, 0.3) is 0 Å². The van der Waals surface area contributed by atoms with E-state index in [0.29, 0.717) is 25.4 Å². The molecule has 0 bridgehead atoms. The molecule has 2 atom stereocenters. The lowest BCUT2D eigenvalue weighted by molar-refractivity contribution is -0.128. The van der Waals surface area contributed by atoms with Gasteiger partial charge in [-0.25, -0.2) is 0 Å². The van der Waals surface area contributed by atoms with Crippen molar-refractivity contribution in [3.8, 4) is 0 Å². The van der Waals surface area contributed by atoms with Crippen LogP contribution in [-0.4, -0.2) is 36.9 Å². The first-order valence-electron chi connectivity index (χ1n) is 6.11. The van der Waals surface area contributed by atoms with E-state index in [1.54, 1.807) is 23.3 Å². The number of thiophene rings is 1. The van der Waals surface area contributed by atoms with E-state index in [4.69, 9.17) is 0 Å². The molecule has 0 spiro atoms. The topological polar surface area (TPSA) is 49.4 Å². The summed E-state index contributed by atoms with van der Waals surface area (Å²) in [5.74, 6) is 0.183. The van der Waals surface area contributed by atoms with Gasteiger partial charge in [0.25, 0.3) is 0 Å². The lowest BCUT2D eigenvalue weighted by atomic mass is 10.0. The molecule has 0 aromatic carbocycles. The molecular formula is C13H18N2O2S. The summed E-state index contributed by atoms with van der Waals surface area (Å²) in [6.45, 7) is 3.26. The van der Waals surface area contributed by atoms with Crippen molar-refractivity contribution in [3.05, 3.63) is 22.4 Å². The number of hydrogen-bond acceptors (Lipinski definition) is 3. The highest BCUT2D eigenvalue weighted by Crippen LogP contribution is 2.19. The molecule has 1 aromatic heterocycles. The fourth-order valence-electron chi connectivity index (χ4n) is 2.11. The van der Waals surface area contributed by atoms with E-state index >= 15 is 0 Å². The molecule has 0 aliphatic carbocycles. The van der Waals surface area contributed by atoms with Gasteiger partial charge in [-0.15, -0.1) is 0 Å². The van der Waals surface area contributed by atoms with Crippen LogP contribution in [0.5, 0.6) is 0 Å². The van der Waals surface area contributed by atoms with Gasteiger partial charge in [0.05, 0.1) is 5.92 Å². The first-order chi connectivity index (χ1) is 8.58. The van der Waals surface area contributed by atoms with Gasteiger partial charge in [0.15, 0.2) is 0 Å². The normalized spacial score (nSPS) is 21.1. The Kier molecular flexibility index (Phi) is 4.01. The summed E-state index contributed by atoms with van der Waals surface area (Å²) in [5, 5.41) is 7.08. The summed E-state index contributed by atoms with van der Waals surface area (Å²) < 4.78 is 0. The van der Waals surface area contributed by atoms with Crippen molar-refractivity contribution in [3.63, 3.8) is 0 Å². The molecule has 0 saturated carbocycles. The number of carbonyl (C=O) groups is 2. The van der Waals surface area contributed by atoms with Gasteiger partial charge in [0.1, 0.15) is 0 Å². The Morgan fingerprint density at radius 2 is 2.44 bits per heavy atom. The molecule has 2 amide bonds. The van der Waals surface area contributed by atoms with Crippen LogP contribution in [0.2, 0.25) is 0 Å². The molecule has 1 fully saturated rings. The number of nitrogens with zero attached hydrogens (tertiary/aromatic N) is 1. The van der Waals surface area contributed by atoms with Crippen LogP contribution in [0.15, 0.2) is 16.8 Å². The van der Waals surface area contributed by atoms with Crippen LogP contribution in [-0.2, 0) is 9.59 Å². The predicted molar refractivity (Wildman–Crippen MR) is 71.5 cm³/mol. The quantitative estimate of drug-likeness (QED) is 0.896. The van der Waals surface area contributed by atoms with Crippen molar-refractivity contribution in [1.29, 1.82) is 0 Å². The highest BCUT2D eigenvalue weighted by atomic mass is 32.1. The Morgan fingerprint density at radius 1 is 1.67 bits per heavy atom. The van der Waals surface area contributed by atoms with E-state index < -0.39 is 0 Å². The second kappa shape index (κ2) is 5.52. The minimum absolute atomic E-state index is 0.00483. The summed E-state index contributed by atoms with van der Waals surface area (Å²) in [4.78, 5) is 24.9. The number of rotatable bonds is 4. The zero-order valence-electron chi connectivity index (χ0n) is 10.7. The third-order valence-corrected chi connectivity index (χ3v) is 4.11. The zero-order chi connectivity index (χ0) is 13.1. The lowest BCUT2D eigenvalue weighted by Gasteiger charge is -2.14. The van der Waals surface area contributed by atoms with Gasteiger partial charge in [-0.1, -0.05) is 6.92 Å². The summed E-state index contributed by atoms with van der Waals surface area (Å²) in [6, 6.07) is 2.08. The SMILES string of the molecule is CC(CNC(=O)C1CC(=O)N(C)C1)c1ccsc1. The van der Waals surface area contributed by atoms with E-state index in [9.17, 15) is 9.59 Å². The van der Waals surface area contributed by atoms with Crippen LogP contribution >= 0.6 is 11.3 Å². The van der Waals surface area contributed by atoms with Crippen LogP contribution in [0.4, 0.5) is 0 Å². The molecule has 2 rings (SSSR count). The van der Waals surface area contributed by atoms with E-state index in [-0.39, 0.29) is 17.7 Å². The Bertz CT molecular complexity index is 430. The largest absolute Gasteiger partial charge is 0.355 e. The van der Waals surface area contributed by atoms with Crippen LogP contribution in [0, 0.1) is 5.92 Å². The van der Waals surface area contributed by atoms with Gasteiger partial charge < -0.3 is 10.2 Å². The Hall–Kier alpha value is -1.36. The van der Waals surface area contributed by atoms with Crippen molar-refractivity contribution in [2.24, 2.45) is 5.92 Å². The fraction of sp³-hybridized carbons (Fsp3) is 0.538. The third kappa shape index (κ3) is 2.90. The molecule has 2 heterocycles. The first-order valence-corrected chi connectivity index (χ1v) is 7.06. The van der Waals surface area contributed by atoms with E-state index in [2.05, 4.69) is 23.7 Å². The molecule has 1 saturated heterocycles. The number of carbonyl (C=O) groups excluding carboxylic acids is 2. The summed E-state index contributed by atoms with van der Waals surface area (Å²) >= 11 is 1.66. The Morgan fingerprint density at radius 3 is 3.00 bits per heavy atom. The number of hydrogen-bond donors (Lipinski definition) is 1. The molecule has 1 aliphatic heterocycles. The average Bonchev–Trinajstić information content (AvgIpc) is 2.97. The smallest absolute Gasteiger partial charge is 0.225 e. The van der Waals surface area contributed by atoms with Crippen LogP contribution in [0.3, 0.4) is 0 Å². The maximum atomic E-state index is 11.9. The van der Waals surface area contributed by atoms with Crippen molar-refractivity contribution in [2.45, 2.75) is 19.3 Å². The van der Waals surface area contributed by atoms with Gasteiger partial charge in [0.2, 0.25) is 11.8 Å². The number of likely N-dealkylation sites (tertiary alicyclic amines) is 1. The monoisotopic (exact) mass is 266 g/mol.